The van der Waals surface area contributed by atoms with Gasteiger partial charge in [0.1, 0.15) is 12.7 Å². The molecule has 0 rings (SSSR count). The fourth-order valence-corrected chi connectivity index (χ4v) is 6.98. The predicted molar refractivity (Wildman–Crippen MR) is 229 cm³/mol. The second kappa shape index (κ2) is 41.9. The molecule has 0 aliphatic rings. The van der Waals surface area contributed by atoms with Gasteiger partial charge in [-0.2, -0.15) is 0 Å². The average Bonchev–Trinajstić information content (AvgIpc) is 3.17. The summed E-state index contributed by atoms with van der Waals surface area (Å²) in [6.07, 6.45) is 46.6. The number of rotatable bonds is 42. The normalized spacial score (nSPS) is 13.6. The van der Waals surface area contributed by atoms with Gasteiger partial charge >= 0.3 is 13.8 Å². The van der Waals surface area contributed by atoms with Crippen LogP contribution in [0.2, 0.25) is 0 Å². The number of allylic oxidation sites excluding steroid dienone is 6. The number of unbranched alkanes of at least 4 members (excludes halogenated alkanes) is 23. The standard InChI is InChI=1S/C45H84NO8P/c1-3-5-7-9-11-13-15-17-18-19-20-21-22-23-24-26-28-30-32-34-36-38-45(49)52-41-43(47)42-54-55(50,51)53-40-39-46-44(48)37-35-33-31-29-27-25-16-14-12-10-8-6-4-2/h6,8,12,14,25,27,43,47H,3-5,7,9-11,13,15-24,26,28-42H2,1-2H3,(H,46,48)(H,50,51)/b8-6-,14-12-,27-25-. The number of hydrogen-bond donors (Lipinski definition) is 3. The van der Waals surface area contributed by atoms with Crippen molar-refractivity contribution < 1.29 is 37.9 Å². The third-order valence-electron chi connectivity index (χ3n) is 9.58. The van der Waals surface area contributed by atoms with Crippen molar-refractivity contribution in [2.45, 2.75) is 213 Å². The first-order chi connectivity index (χ1) is 26.8. The van der Waals surface area contributed by atoms with Crippen LogP contribution < -0.4 is 5.32 Å². The SMILES string of the molecule is CC/C=C\C/C=C\C/C=C\CCCCCC(=O)NCCOP(=O)(O)OCC(O)COC(=O)CCCCCCCCCCCCCCCCCCCCCCC. The van der Waals surface area contributed by atoms with Gasteiger partial charge in [-0.15, -0.1) is 0 Å². The van der Waals surface area contributed by atoms with Crippen LogP contribution in [-0.2, 0) is 27.9 Å². The van der Waals surface area contributed by atoms with Crippen LogP contribution in [0.1, 0.15) is 206 Å². The van der Waals surface area contributed by atoms with Crippen molar-refractivity contribution in [3.05, 3.63) is 36.5 Å². The Bertz CT molecular complexity index is 1000. The number of phosphoric ester groups is 1. The van der Waals surface area contributed by atoms with Crippen molar-refractivity contribution in [1.82, 2.24) is 5.32 Å². The third kappa shape index (κ3) is 43.2. The van der Waals surface area contributed by atoms with Crippen molar-refractivity contribution in [1.29, 1.82) is 0 Å². The first-order valence-corrected chi connectivity index (χ1v) is 24.0. The quantitative estimate of drug-likeness (QED) is 0.0241. The number of esters is 1. The molecule has 0 aromatic heterocycles. The maximum Gasteiger partial charge on any atom is 0.472 e. The van der Waals surface area contributed by atoms with E-state index in [1.54, 1.807) is 0 Å². The molecule has 0 fully saturated rings. The summed E-state index contributed by atoms with van der Waals surface area (Å²) in [5.74, 6) is -0.541. The van der Waals surface area contributed by atoms with Crippen LogP contribution >= 0.6 is 7.82 Å². The van der Waals surface area contributed by atoms with E-state index in [0.717, 1.165) is 64.2 Å². The summed E-state index contributed by atoms with van der Waals surface area (Å²) in [7, 11) is -4.42. The molecule has 0 aliphatic heterocycles. The Hall–Kier alpha value is -1.77. The molecule has 0 heterocycles. The van der Waals surface area contributed by atoms with Crippen LogP contribution in [0, 0.1) is 0 Å². The van der Waals surface area contributed by atoms with Crippen LogP contribution in [0.5, 0.6) is 0 Å². The molecule has 1 amide bonds. The van der Waals surface area contributed by atoms with Gasteiger partial charge in [0.2, 0.25) is 5.91 Å². The lowest BCUT2D eigenvalue weighted by atomic mass is 10.0. The average molecular weight is 798 g/mol. The number of ether oxygens (including phenoxy) is 1. The molecule has 2 atom stereocenters. The molecule has 0 aromatic carbocycles. The van der Waals surface area contributed by atoms with Crippen molar-refractivity contribution in [2.24, 2.45) is 0 Å². The number of hydrogen-bond acceptors (Lipinski definition) is 7. The molecule has 55 heavy (non-hydrogen) atoms. The fourth-order valence-electron chi connectivity index (χ4n) is 6.22. The molecule has 0 radical (unpaired) electrons. The summed E-state index contributed by atoms with van der Waals surface area (Å²) >= 11 is 0. The molecular formula is C45H84NO8P. The molecule has 2 unspecified atom stereocenters. The topological polar surface area (TPSA) is 131 Å². The van der Waals surface area contributed by atoms with E-state index in [0.29, 0.717) is 6.42 Å². The highest BCUT2D eigenvalue weighted by atomic mass is 31.2. The Kier molecular flexibility index (Phi) is 40.5. The zero-order valence-electron chi connectivity index (χ0n) is 35.4. The second-order valence-corrected chi connectivity index (χ2v) is 16.5. The summed E-state index contributed by atoms with van der Waals surface area (Å²) in [6, 6.07) is 0. The van der Waals surface area contributed by atoms with Crippen LogP contribution in [0.15, 0.2) is 36.5 Å². The minimum atomic E-state index is -4.42. The predicted octanol–water partition coefficient (Wildman–Crippen LogP) is 12.6. The van der Waals surface area contributed by atoms with E-state index in [9.17, 15) is 24.2 Å². The molecule has 0 bridgehead atoms. The van der Waals surface area contributed by atoms with E-state index < -0.39 is 26.5 Å². The van der Waals surface area contributed by atoms with Crippen molar-refractivity contribution in [3.8, 4) is 0 Å². The van der Waals surface area contributed by atoms with Gasteiger partial charge in [-0.3, -0.25) is 18.6 Å². The monoisotopic (exact) mass is 798 g/mol. The van der Waals surface area contributed by atoms with Gasteiger partial charge in [0.15, 0.2) is 0 Å². The summed E-state index contributed by atoms with van der Waals surface area (Å²) in [5.41, 5.74) is 0. The Morgan fingerprint density at radius 3 is 1.56 bits per heavy atom. The first kappa shape index (κ1) is 53.2. The summed E-state index contributed by atoms with van der Waals surface area (Å²) < 4.78 is 26.9. The number of aliphatic hydroxyl groups excluding tert-OH is 1. The highest BCUT2D eigenvalue weighted by Gasteiger charge is 2.23. The highest BCUT2D eigenvalue weighted by Crippen LogP contribution is 2.42. The molecule has 0 aromatic rings. The first-order valence-electron chi connectivity index (χ1n) is 22.5. The Morgan fingerprint density at radius 1 is 0.582 bits per heavy atom. The lowest BCUT2D eigenvalue weighted by Crippen LogP contribution is -2.27. The molecule has 10 heteroatoms. The van der Waals surface area contributed by atoms with Crippen LogP contribution in [0.3, 0.4) is 0 Å². The summed E-state index contributed by atoms with van der Waals surface area (Å²) in [5, 5.41) is 12.7. The van der Waals surface area contributed by atoms with Crippen LogP contribution in [0.4, 0.5) is 0 Å². The van der Waals surface area contributed by atoms with Gasteiger partial charge in [-0.05, 0) is 44.9 Å². The van der Waals surface area contributed by atoms with Crippen LogP contribution in [-0.4, -0.2) is 54.3 Å². The molecule has 322 valence electrons. The number of aliphatic hydroxyl groups is 1. The lowest BCUT2D eigenvalue weighted by Gasteiger charge is -2.15. The van der Waals surface area contributed by atoms with E-state index in [-0.39, 0.29) is 32.1 Å². The second-order valence-electron chi connectivity index (χ2n) is 15.0. The molecule has 0 saturated heterocycles. The molecule has 3 N–H and O–H groups in total. The summed E-state index contributed by atoms with van der Waals surface area (Å²) in [4.78, 5) is 33.9. The zero-order valence-corrected chi connectivity index (χ0v) is 36.3. The van der Waals surface area contributed by atoms with E-state index in [2.05, 4.69) is 55.6 Å². The summed E-state index contributed by atoms with van der Waals surface area (Å²) in [6.45, 7) is 3.42. The third-order valence-corrected chi connectivity index (χ3v) is 10.6. The smallest absolute Gasteiger partial charge is 0.463 e. The van der Waals surface area contributed by atoms with Gasteiger partial charge in [-0.1, -0.05) is 185 Å². The number of phosphoric acid groups is 1. The minimum Gasteiger partial charge on any atom is -0.463 e. The molecular weight excluding hydrogens is 713 g/mol. The van der Waals surface area contributed by atoms with E-state index in [4.69, 9.17) is 13.8 Å². The number of carbonyl (C=O) groups is 2. The van der Waals surface area contributed by atoms with Crippen molar-refractivity contribution in [2.75, 3.05) is 26.4 Å². The Balaban J connectivity index is 3.57. The number of amides is 1. The largest absolute Gasteiger partial charge is 0.472 e. The molecule has 0 aliphatic carbocycles. The van der Waals surface area contributed by atoms with Gasteiger partial charge < -0.3 is 20.1 Å². The van der Waals surface area contributed by atoms with Gasteiger partial charge in [0.05, 0.1) is 13.2 Å². The Morgan fingerprint density at radius 2 is 1.04 bits per heavy atom. The van der Waals surface area contributed by atoms with E-state index in [1.807, 2.05) is 0 Å². The van der Waals surface area contributed by atoms with Crippen LogP contribution in [0.25, 0.3) is 0 Å². The number of carbonyl (C=O) groups excluding carboxylic acids is 2. The molecule has 0 spiro atoms. The van der Waals surface area contributed by atoms with Crippen molar-refractivity contribution in [3.63, 3.8) is 0 Å². The van der Waals surface area contributed by atoms with E-state index >= 15 is 0 Å². The van der Waals surface area contributed by atoms with E-state index in [1.165, 1.54) is 116 Å². The van der Waals surface area contributed by atoms with Gasteiger partial charge in [0.25, 0.3) is 0 Å². The van der Waals surface area contributed by atoms with Gasteiger partial charge in [-0.25, -0.2) is 4.57 Å². The van der Waals surface area contributed by atoms with Crippen molar-refractivity contribution >= 4 is 19.7 Å². The Labute approximate surface area is 337 Å². The molecule has 0 saturated carbocycles. The fraction of sp³-hybridized carbons (Fsp3) is 0.822. The molecule has 9 nitrogen and oxygen atoms in total. The maximum absolute atomic E-state index is 12.1. The number of nitrogens with one attached hydrogen (secondary N) is 1. The minimum absolute atomic E-state index is 0.0664. The maximum atomic E-state index is 12.1. The lowest BCUT2D eigenvalue weighted by molar-refractivity contribution is -0.147. The highest BCUT2D eigenvalue weighted by molar-refractivity contribution is 7.47. The van der Waals surface area contributed by atoms with Gasteiger partial charge in [0, 0.05) is 19.4 Å². The zero-order chi connectivity index (χ0) is 40.3.